The van der Waals surface area contributed by atoms with Crippen molar-refractivity contribution in [2.45, 2.75) is 20.5 Å². The molecule has 1 aliphatic rings. The summed E-state index contributed by atoms with van der Waals surface area (Å²) in [6, 6.07) is 13.7. The molecule has 0 atom stereocenters. The van der Waals surface area contributed by atoms with Gasteiger partial charge in [-0.15, -0.1) is 0 Å². The Balaban J connectivity index is 1.86. The van der Waals surface area contributed by atoms with Crippen LogP contribution in [0.1, 0.15) is 25.0 Å². The third-order valence-electron chi connectivity index (χ3n) is 4.27. The summed E-state index contributed by atoms with van der Waals surface area (Å²) in [6.45, 7) is 5.59. The highest BCUT2D eigenvalue weighted by molar-refractivity contribution is 9.10. The number of benzene rings is 2. The normalized spacial score (nSPS) is 16.7. The highest BCUT2D eigenvalue weighted by Crippen LogP contribution is 2.39. The van der Waals surface area contributed by atoms with Gasteiger partial charge in [-0.1, -0.05) is 30.3 Å². The molecule has 1 aliphatic heterocycles. The molecule has 1 heterocycles. The van der Waals surface area contributed by atoms with Crippen LogP contribution in [0, 0.1) is 0 Å². The number of halogens is 1. The summed E-state index contributed by atoms with van der Waals surface area (Å²) in [5, 5.41) is 0.750. The van der Waals surface area contributed by atoms with Gasteiger partial charge in [-0.2, -0.15) is 0 Å². The average molecular weight is 475 g/mol. The maximum Gasteiger partial charge on any atom is 0.266 e. The van der Waals surface area contributed by atoms with E-state index in [2.05, 4.69) is 20.9 Å². The van der Waals surface area contributed by atoms with E-state index in [1.54, 1.807) is 12.0 Å². The third-order valence-corrected chi connectivity index (χ3v) is 5.91. The molecule has 5 nitrogen and oxygen atoms in total. The van der Waals surface area contributed by atoms with Crippen LogP contribution in [0.4, 0.5) is 0 Å². The molecule has 1 saturated heterocycles. The second-order valence-electron chi connectivity index (χ2n) is 6.23. The van der Waals surface area contributed by atoms with Crippen molar-refractivity contribution in [3.63, 3.8) is 0 Å². The van der Waals surface area contributed by atoms with Crippen LogP contribution < -0.4 is 9.47 Å². The first-order valence-corrected chi connectivity index (χ1v) is 11.0. The number of rotatable bonds is 7. The number of aliphatic imine (C=N–C) groups is 1. The molecular weight excluding hydrogens is 452 g/mol. The second-order valence-corrected chi connectivity index (χ2v) is 8.09. The molecule has 2 aromatic carbocycles. The first kappa shape index (κ1) is 21.5. The van der Waals surface area contributed by atoms with Crippen LogP contribution in [-0.2, 0) is 11.4 Å². The fraction of sp³-hybridized carbons (Fsp3) is 0.273. The van der Waals surface area contributed by atoms with E-state index in [1.165, 1.54) is 11.8 Å². The van der Waals surface area contributed by atoms with E-state index in [0.29, 0.717) is 36.1 Å². The molecule has 0 spiro atoms. The summed E-state index contributed by atoms with van der Waals surface area (Å²) < 4.78 is 12.3. The van der Waals surface area contributed by atoms with E-state index in [1.807, 2.05) is 62.4 Å². The highest BCUT2D eigenvalue weighted by Gasteiger charge is 2.31. The van der Waals surface area contributed by atoms with Gasteiger partial charge in [0.1, 0.15) is 6.61 Å². The number of amides is 1. The summed E-state index contributed by atoms with van der Waals surface area (Å²) in [6.07, 6.45) is 1.86. The van der Waals surface area contributed by atoms with E-state index in [0.717, 1.165) is 20.8 Å². The molecule has 0 unspecified atom stereocenters. The summed E-state index contributed by atoms with van der Waals surface area (Å²) in [4.78, 5) is 19.4. The first-order chi connectivity index (χ1) is 14.1. The molecule has 3 rings (SSSR count). The second kappa shape index (κ2) is 9.98. The Kier molecular flexibility index (Phi) is 7.39. The van der Waals surface area contributed by atoms with Crippen LogP contribution in [0.5, 0.6) is 11.5 Å². The van der Waals surface area contributed by atoms with Gasteiger partial charge in [0.15, 0.2) is 16.7 Å². The van der Waals surface area contributed by atoms with E-state index >= 15 is 0 Å². The monoisotopic (exact) mass is 474 g/mol. The Morgan fingerprint density at radius 2 is 1.97 bits per heavy atom. The van der Waals surface area contributed by atoms with Crippen LogP contribution in [0.25, 0.3) is 6.08 Å². The van der Waals surface area contributed by atoms with Crippen molar-refractivity contribution in [2.75, 3.05) is 20.2 Å². The van der Waals surface area contributed by atoms with E-state index in [-0.39, 0.29) is 5.91 Å². The quantitative estimate of drug-likeness (QED) is 0.507. The van der Waals surface area contributed by atoms with Crippen molar-refractivity contribution in [3.8, 4) is 11.5 Å². The van der Waals surface area contributed by atoms with E-state index < -0.39 is 0 Å². The van der Waals surface area contributed by atoms with Crippen molar-refractivity contribution in [1.29, 1.82) is 0 Å². The number of hydrogen-bond acceptors (Lipinski definition) is 5. The molecule has 0 N–H and O–H groups in total. The van der Waals surface area contributed by atoms with Crippen molar-refractivity contribution < 1.29 is 14.3 Å². The molecule has 29 heavy (non-hydrogen) atoms. The van der Waals surface area contributed by atoms with Gasteiger partial charge in [0.2, 0.25) is 0 Å². The Morgan fingerprint density at radius 3 is 2.62 bits per heavy atom. The minimum Gasteiger partial charge on any atom is -0.493 e. The highest BCUT2D eigenvalue weighted by atomic mass is 79.9. The summed E-state index contributed by atoms with van der Waals surface area (Å²) in [7, 11) is 1.61. The Hall–Kier alpha value is -2.25. The zero-order valence-corrected chi connectivity index (χ0v) is 19.0. The van der Waals surface area contributed by atoms with Crippen LogP contribution in [0.15, 0.2) is 56.8 Å². The molecule has 0 radical (unpaired) electrons. The molecule has 0 aromatic heterocycles. The van der Waals surface area contributed by atoms with Crippen LogP contribution in [-0.4, -0.2) is 36.2 Å². The van der Waals surface area contributed by atoms with Gasteiger partial charge in [-0.25, -0.2) is 0 Å². The Bertz CT molecular complexity index is 945. The van der Waals surface area contributed by atoms with Crippen LogP contribution >= 0.6 is 27.7 Å². The fourth-order valence-electron chi connectivity index (χ4n) is 2.88. The zero-order valence-electron chi connectivity index (χ0n) is 16.6. The Morgan fingerprint density at radius 1 is 1.21 bits per heavy atom. The molecule has 7 heteroatoms. The van der Waals surface area contributed by atoms with Gasteiger partial charge in [0, 0.05) is 13.1 Å². The van der Waals surface area contributed by atoms with Gasteiger partial charge >= 0.3 is 0 Å². The number of likely N-dealkylation sites (N-methyl/N-ethyl adjacent to an activating group) is 1. The number of hydrogen-bond donors (Lipinski definition) is 0. The van der Waals surface area contributed by atoms with Gasteiger partial charge in [0.05, 0.1) is 16.5 Å². The van der Waals surface area contributed by atoms with Gasteiger partial charge in [-0.05, 0) is 70.9 Å². The number of nitrogens with zero attached hydrogens (tertiary/aromatic N) is 2. The predicted molar refractivity (Wildman–Crippen MR) is 122 cm³/mol. The SMILES string of the molecule is CCN=C1S/C(=C/c2cc(Br)c(OCc3ccccc3)c(OC)c2)C(=O)N1CC. The molecular formula is C22H23BrN2O3S. The van der Waals surface area contributed by atoms with Crippen molar-refractivity contribution in [3.05, 3.63) is 63.0 Å². The average Bonchev–Trinajstić information content (AvgIpc) is 3.02. The lowest BCUT2D eigenvalue weighted by atomic mass is 10.1. The molecule has 1 amide bonds. The van der Waals surface area contributed by atoms with Gasteiger partial charge < -0.3 is 9.47 Å². The molecule has 2 aromatic rings. The molecule has 0 aliphatic carbocycles. The third kappa shape index (κ3) is 5.03. The smallest absolute Gasteiger partial charge is 0.266 e. The minimum absolute atomic E-state index is 0.0239. The van der Waals surface area contributed by atoms with Gasteiger partial charge in [0.25, 0.3) is 5.91 Å². The summed E-state index contributed by atoms with van der Waals surface area (Å²) in [5.74, 6) is 1.21. The van der Waals surface area contributed by atoms with Crippen molar-refractivity contribution in [1.82, 2.24) is 4.90 Å². The molecule has 0 bridgehead atoms. The summed E-state index contributed by atoms with van der Waals surface area (Å²) >= 11 is 4.98. The number of ether oxygens (including phenoxy) is 2. The maximum absolute atomic E-state index is 12.7. The van der Waals surface area contributed by atoms with Crippen LogP contribution in [0.3, 0.4) is 0 Å². The topological polar surface area (TPSA) is 51.1 Å². The molecule has 1 fully saturated rings. The van der Waals surface area contributed by atoms with Crippen LogP contribution in [0.2, 0.25) is 0 Å². The number of carbonyl (C=O) groups excluding carboxylic acids is 1. The minimum atomic E-state index is -0.0239. The number of methoxy groups -OCH3 is 1. The predicted octanol–water partition coefficient (Wildman–Crippen LogP) is 5.35. The van der Waals surface area contributed by atoms with E-state index in [9.17, 15) is 4.79 Å². The number of amidine groups is 1. The number of carbonyl (C=O) groups is 1. The van der Waals surface area contributed by atoms with E-state index in [4.69, 9.17) is 9.47 Å². The lowest BCUT2D eigenvalue weighted by Gasteiger charge is -2.14. The lowest BCUT2D eigenvalue weighted by molar-refractivity contribution is -0.122. The fourth-order valence-corrected chi connectivity index (χ4v) is 4.56. The largest absolute Gasteiger partial charge is 0.493 e. The van der Waals surface area contributed by atoms with Crippen molar-refractivity contribution >= 4 is 44.8 Å². The lowest BCUT2D eigenvalue weighted by Crippen LogP contribution is -2.28. The zero-order chi connectivity index (χ0) is 20.8. The first-order valence-electron chi connectivity index (χ1n) is 9.37. The summed E-state index contributed by atoms with van der Waals surface area (Å²) in [5.41, 5.74) is 1.92. The number of thioether (sulfide) groups is 1. The maximum atomic E-state index is 12.7. The van der Waals surface area contributed by atoms with Gasteiger partial charge in [-0.3, -0.25) is 14.7 Å². The molecule has 0 saturated carbocycles. The van der Waals surface area contributed by atoms with Crippen molar-refractivity contribution in [2.24, 2.45) is 4.99 Å². The Labute approximate surface area is 183 Å². The molecule has 152 valence electrons. The standard InChI is InChI=1S/C22H23BrN2O3S/c1-4-24-22-25(5-2)21(26)19(29-22)13-16-11-17(23)20(18(12-16)27-3)28-14-15-9-7-6-8-10-15/h6-13H,4-5,14H2,1-3H3/b19-13+,24-22?.